The highest BCUT2D eigenvalue weighted by molar-refractivity contribution is 7.88. The number of nitrogens with zero attached hydrogens (tertiary/aromatic N) is 3. The van der Waals surface area contributed by atoms with Crippen LogP contribution in [-0.4, -0.2) is 101 Å². The molecule has 9 heteroatoms. The van der Waals surface area contributed by atoms with Crippen LogP contribution in [0.25, 0.3) is 0 Å². The van der Waals surface area contributed by atoms with E-state index in [9.17, 15) is 13.2 Å². The van der Waals surface area contributed by atoms with Gasteiger partial charge in [0.15, 0.2) is 0 Å². The number of hydrogen-bond donors (Lipinski definition) is 0. The summed E-state index contributed by atoms with van der Waals surface area (Å²) in [6, 6.07) is -0.104. The van der Waals surface area contributed by atoms with E-state index in [0.29, 0.717) is 32.8 Å². The average Bonchev–Trinajstić information content (AvgIpc) is 2.60. The number of carbonyl (C=O) groups is 1. The van der Waals surface area contributed by atoms with E-state index in [0.717, 1.165) is 0 Å². The lowest BCUT2D eigenvalue weighted by atomic mass is 10.0. The van der Waals surface area contributed by atoms with E-state index in [4.69, 9.17) is 9.47 Å². The lowest BCUT2D eigenvalue weighted by Gasteiger charge is -2.43. The highest BCUT2D eigenvalue weighted by Crippen LogP contribution is 2.24. The minimum Gasteiger partial charge on any atom is -0.377 e. The summed E-state index contributed by atoms with van der Waals surface area (Å²) in [4.78, 5) is 15.3. The van der Waals surface area contributed by atoms with Crippen LogP contribution in [0, 0.1) is 0 Å². The number of hydrogen-bond acceptors (Lipinski definition) is 5. The first-order valence-electron chi connectivity index (χ1n) is 6.87. The monoisotopic (exact) mass is 321 g/mol. The number of rotatable bonds is 1. The van der Waals surface area contributed by atoms with Crippen molar-refractivity contribution in [1.82, 2.24) is 14.1 Å². The van der Waals surface area contributed by atoms with Gasteiger partial charge in [-0.05, 0) is 0 Å². The minimum atomic E-state index is -3.32. The molecular formula is C12H23N3O5S. The predicted octanol–water partition coefficient (Wildman–Crippen LogP) is -0.969. The Morgan fingerprint density at radius 3 is 2.52 bits per heavy atom. The second-order valence-corrected chi connectivity index (χ2v) is 7.76. The molecule has 0 aromatic heterocycles. The quantitative estimate of drug-likeness (QED) is 0.621. The molecular weight excluding hydrogens is 298 g/mol. The smallest absolute Gasteiger partial charge is 0.319 e. The van der Waals surface area contributed by atoms with Crippen molar-refractivity contribution >= 4 is 16.1 Å². The highest BCUT2D eigenvalue weighted by atomic mass is 32.2. The zero-order valence-electron chi connectivity index (χ0n) is 12.7. The molecule has 2 heterocycles. The Labute approximate surface area is 125 Å². The zero-order chi connectivity index (χ0) is 15.7. The van der Waals surface area contributed by atoms with Crippen molar-refractivity contribution < 1.29 is 22.7 Å². The molecule has 2 aliphatic heterocycles. The first-order chi connectivity index (χ1) is 9.73. The van der Waals surface area contributed by atoms with Crippen molar-refractivity contribution in [2.24, 2.45) is 0 Å². The molecule has 2 aliphatic rings. The standard InChI is InChI=1S/C12H23N3O5S/c1-13(2)11(16)14-4-7-20-12(8-14)9-15(21(3,17)18)5-6-19-10-12/h4-10H2,1-3H3/t12-/m1/s1. The van der Waals surface area contributed by atoms with Crippen LogP contribution in [0.3, 0.4) is 0 Å². The van der Waals surface area contributed by atoms with Crippen LogP contribution >= 0.6 is 0 Å². The summed E-state index contributed by atoms with van der Waals surface area (Å²) >= 11 is 0. The van der Waals surface area contributed by atoms with Crippen molar-refractivity contribution in [3.63, 3.8) is 0 Å². The van der Waals surface area contributed by atoms with Crippen molar-refractivity contribution in [2.45, 2.75) is 5.60 Å². The highest BCUT2D eigenvalue weighted by Gasteiger charge is 2.43. The largest absolute Gasteiger partial charge is 0.377 e. The van der Waals surface area contributed by atoms with Crippen LogP contribution in [0.5, 0.6) is 0 Å². The molecule has 0 saturated carbocycles. The van der Waals surface area contributed by atoms with E-state index in [2.05, 4.69) is 0 Å². The zero-order valence-corrected chi connectivity index (χ0v) is 13.6. The van der Waals surface area contributed by atoms with E-state index in [1.165, 1.54) is 15.5 Å². The van der Waals surface area contributed by atoms with Gasteiger partial charge in [-0.25, -0.2) is 13.2 Å². The van der Waals surface area contributed by atoms with E-state index >= 15 is 0 Å². The van der Waals surface area contributed by atoms with E-state index in [1.807, 2.05) is 0 Å². The number of amides is 2. The molecule has 2 rings (SSSR count). The molecule has 1 atom stereocenters. The molecule has 0 radical (unpaired) electrons. The lowest BCUT2D eigenvalue weighted by Crippen LogP contribution is -2.61. The molecule has 2 saturated heterocycles. The van der Waals surface area contributed by atoms with Gasteiger partial charge in [-0.3, -0.25) is 0 Å². The fraction of sp³-hybridized carbons (Fsp3) is 0.917. The molecule has 0 aromatic rings. The topological polar surface area (TPSA) is 79.4 Å². The van der Waals surface area contributed by atoms with Crippen molar-refractivity contribution in [2.75, 3.05) is 66.4 Å². The SMILES string of the molecule is CN(C)C(=O)N1CCO[C@]2(COCCN(S(C)(=O)=O)C2)C1. The second kappa shape index (κ2) is 6.07. The Balaban J connectivity index is 2.17. The van der Waals surface area contributed by atoms with Crippen LogP contribution in [0.15, 0.2) is 0 Å². The van der Waals surface area contributed by atoms with Crippen LogP contribution in [-0.2, 0) is 19.5 Å². The van der Waals surface area contributed by atoms with Gasteiger partial charge in [-0.1, -0.05) is 0 Å². The molecule has 21 heavy (non-hydrogen) atoms. The van der Waals surface area contributed by atoms with Crippen LogP contribution in [0.4, 0.5) is 4.79 Å². The molecule has 122 valence electrons. The van der Waals surface area contributed by atoms with E-state index < -0.39 is 15.6 Å². The minimum absolute atomic E-state index is 0.104. The maximum atomic E-state index is 12.1. The van der Waals surface area contributed by atoms with Crippen LogP contribution in [0.1, 0.15) is 0 Å². The van der Waals surface area contributed by atoms with Crippen LogP contribution in [0.2, 0.25) is 0 Å². The van der Waals surface area contributed by atoms with Crippen molar-refractivity contribution in [1.29, 1.82) is 0 Å². The lowest BCUT2D eigenvalue weighted by molar-refractivity contribution is -0.129. The molecule has 0 aromatic carbocycles. The molecule has 0 N–H and O–H groups in total. The third kappa shape index (κ3) is 3.85. The number of ether oxygens (including phenoxy) is 2. The van der Waals surface area contributed by atoms with Gasteiger partial charge in [-0.2, -0.15) is 4.31 Å². The fourth-order valence-corrected chi connectivity index (χ4v) is 3.50. The van der Waals surface area contributed by atoms with Gasteiger partial charge >= 0.3 is 6.03 Å². The Bertz CT molecular complexity index is 495. The Morgan fingerprint density at radius 1 is 1.19 bits per heavy atom. The average molecular weight is 321 g/mol. The Hall–Kier alpha value is -0.900. The fourth-order valence-electron chi connectivity index (χ4n) is 2.63. The summed E-state index contributed by atoms with van der Waals surface area (Å²) < 4.78 is 36.3. The van der Waals surface area contributed by atoms with Crippen LogP contribution < -0.4 is 0 Å². The maximum Gasteiger partial charge on any atom is 0.319 e. The third-order valence-electron chi connectivity index (χ3n) is 3.69. The normalized spacial score (nSPS) is 28.4. The predicted molar refractivity (Wildman–Crippen MR) is 76.6 cm³/mol. The molecule has 0 aliphatic carbocycles. The molecule has 2 fully saturated rings. The van der Waals surface area contributed by atoms with Gasteiger partial charge in [0.2, 0.25) is 10.0 Å². The first kappa shape index (κ1) is 16.5. The van der Waals surface area contributed by atoms with Crippen molar-refractivity contribution in [3.05, 3.63) is 0 Å². The Kier molecular flexibility index (Phi) is 4.76. The van der Waals surface area contributed by atoms with E-state index in [-0.39, 0.29) is 19.2 Å². The van der Waals surface area contributed by atoms with Gasteiger partial charge < -0.3 is 19.3 Å². The molecule has 0 unspecified atom stereocenters. The number of carbonyl (C=O) groups excluding carboxylic acids is 1. The summed E-state index contributed by atoms with van der Waals surface area (Å²) in [7, 11) is 0.0635. The van der Waals surface area contributed by atoms with Gasteiger partial charge in [0, 0.05) is 33.7 Å². The summed E-state index contributed by atoms with van der Waals surface area (Å²) in [6.07, 6.45) is 1.18. The van der Waals surface area contributed by atoms with Gasteiger partial charge in [-0.15, -0.1) is 0 Å². The first-order valence-corrected chi connectivity index (χ1v) is 8.71. The molecule has 1 spiro atoms. The number of morpholine rings is 1. The summed E-state index contributed by atoms with van der Waals surface area (Å²) in [5, 5.41) is 0. The summed E-state index contributed by atoms with van der Waals surface area (Å²) in [5.41, 5.74) is -0.788. The second-order valence-electron chi connectivity index (χ2n) is 5.78. The van der Waals surface area contributed by atoms with Gasteiger partial charge in [0.1, 0.15) is 5.60 Å². The number of sulfonamides is 1. The number of urea groups is 1. The van der Waals surface area contributed by atoms with Gasteiger partial charge in [0.05, 0.1) is 32.6 Å². The van der Waals surface area contributed by atoms with E-state index in [1.54, 1.807) is 19.0 Å². The molecule has 2 amide bonds. The molecule has 0 bridgehead atoms. The molecule has 8 nitrogen and oxygen atoms in total. The Morgan fingerprint density at radius 2 is 1.90 bits per heavy atom. The maximum absolute atomic E-state index is 12.1. The summed E-state index contributed by atoms with van der Waals surface area (Å²) in [5.74, 6) is 0. The van der Waals surface area contributed by atoms with Crippen molar-refractivity contribution in [3.8, 4) is 0 Å². The van der Waals surface area contributed by atoms with Gasteiger partial charge in [0.25, 0.3) is 0 Å². The summed E-state index contributed by atoms with van der Waals surface area (Å²) in [6.45, 7) is 2.35. The third-order valence-corrected chi connectivity index (χ3v) is 4.93.